The van der Waals surface area contributed by atoms with Crippen LogP contribution in [0.25, 0.3) is 0 Å². The summed E-state index contributed by atoms with van der Waals surface area (Å²) in [6, 6.07) is -0.251. The van der Waals surface area contributed by atoms with E-state index in [0.29, 0.717) is 42.5 Å². The number of hydrogen-bond acceptors (Lipinski definition) is 5. The van der Waals surface area contributed by atoms with Gasteiger partial charge in [-0.2, -0.15) is 0 Å². The SMILES string of the molecule is Cc1nc2c(c(=O)n1C)CN(C(=O)[C@H]1[C@@H]3CNC[C@@H](C3)[C@@H]3CCCC(=O)N31)C2.Cl. The van der Waals surface area contributed by atoms with Gasteiger partial charge in [-0.05, 0) is 38.6 Å². The summed E-state index contributed by atoms with van der Waals surface area (Å²) >= 11 is 0. The number of amides is 2. The Balaban J connectivity index is 0.00000205. The van der Waals surface area contributed by atoms with Crippen molar-refractivity contribution in [3.05, 3.63) is 27.4 Å². The van der Waals surface area contributed by atoms with Crippen molar-refractivity contribution in [2.45, 2.75) is 57.8 Å². The monoisotopic (exact) mass is 421 g/mol. The number of halogens is 1. The second-order valence-corrected chi connectivity index (χ2v) is 8.76. The van der Waals surface area contributed by atoms with Crippen molar-refractivity contribution < 1.29 is 9.59 Å². The molecule has 2 amide bonds. The minimum Gasteiger partial charge on any atom is -0.330 e. The number of fused-ring (bicyclic) bond motifs is 5. The van der Waals surface area contributed by atoms with Crippen LogP contribution in [0.5, 0.6) is 0 Å². The maximum atomic E-state index is 13.6. The summed E-state index contributed by atoms with van der Waals surface area (Å²) in [5.41, 5.74) is 1.23. The number of carbonyl (C=O) groups excluding carboxylic acids is 2. The second kappa shape index (κ2) is 7.40. The zero-order valence-corrected chi connectivity index (χ0v) is 17.7. The van der Waals surface area contributed by atoms with Crippen LogP contribution in [0.4, 0.5) is 0 Å². The lowest BCUT2D eigenvalue weighted by atomic mass is 9.72. The van der Waals surface area contributed by atoms with Crippen molar-refractivity contribution in [3.63, 3.8) is 0 Å². The van der Waals surface area contributed by atoms with E-state index in [4.69, 9.17) is 0 Å². The molecule has 0 unspecified atom stereocenters. The van der Waals surface area contributed by atoms with E-state index in [1.165, 1.54) is 4.57 Å². The molecular formula is C20H28ClN5O3. The Kier molecular flexibility index (Phi) is 5.19. The Bertz CT molecular complexity index is 916. The van der Waals surface area contributed by atoms with E-state index >= 15 is 0 Å². The van der Waals surface area contributed by atoms with E-state index < -0.39 is 6.04 Å². The first-order valence-corrected chi connectivity index (χ1v) is 10.3. The van der Waals surface area contributed by atoms with Crippen LogP contribution >= 0.6 is 12.4 Å². The summed E-state index contributed by atoms with van der Waals surface area (Å²) in [5.74, 6) is 1.34. The lowest BCUT2D eigenvalue weighted by Crippen LogP contribution is -2.68. The largest absolute Gasteiger partial charge is 0.330 e. The number of carbonyl (C=O) groups is 2. The Hall–Kier alpha value is -1.93. The maximum Gasteiger partial charge on any atom is 0.258 e. The van der Waals surface area contributed by atoms with Gasteiger partial charge in [0.25, 0.3) is 5.56 Å². The van der Waals surface area contributed by atoms with Gasteiger partial charge in [0, 0.05) is 32.0 Å². The first-order valence-electron chi connectivity index (χ1n) is 10.3. The van der Waals surface area contributed by atoms with Crippen LogP contribution in [0, 0.1) is 18.8 Å². The van der Waals surface area contributed by atoms with Gasteiger partial charge in [-0.3, -0.25) is 19.0 Å². The van der Waals surface area contributed by atoms with E-state index in [9.17, 15) is 14.4 Å². The van der Waals surface area contributed by atoms with Crippen LogP contribution in [-0.4, -0.2) is 56.3 Å². The Morgan fingerprint density at radius 2 is 1.93 bits per heavy atom. The smallest absolute Gasteiger partial charge is 0.258 e. The number of hydrogen-bond donors (Lipinski definition) is 1. The number of aromatic nitrogens is 2. The van der Waals surface area contributed by atoms with Crippen molar-refractivity contribution >= 4 is 24.2 Å². The molecule has 0 aromatic carbocycles. The van der Waals surface area contributed by atoms with Gasteiger partial charge in [0.2, 0.25) is 11.8 Å². The molecule has 3 fully saturated rings. The van der Waals surface area contributed by atoms with Crippen molar-refractivity contribution in [2.75, 3.05) is 13.1 Å². The van der Waals surface area contributed by atoms with Gasteiger partial charge in [0.05, 0.1) is 24.3 Å². The first-order chi connectivity index (χ1) is 13.5. The van der Waals surface area contributed by atoms with Crippen LogP contribution in [0.3, 0.4) is 0 Å². The number of piperidine rings is 3. The van der Waals surface area contributed by atoms with Crippen LogP contribution < -0.4 is 10.9 Å². The highest BCUT2D eigenvalue weighted by Crippen LogP contribution is 2.40. The normalized spacial score (nSPS) is 30.5. The lowest BCUT2D eigenvalue weighted by molar-refractivity contribution is -0.162. The Labute approximate surface area is 176 Å². The van der Waals surface area contributed by atoms with E-state index in [0.717, 1.165) is 32.4 Å². The fraction of sp³-hybridized carbons (Fsp3) is 0.700. The Morgan fingerprint density at radius 1 is 1.17 bits per heavy atom. The fourth-order valence-electron chi connectivity index (χ4n) is 5.70. The van der Waals surface area contributed by atoms with Gasteiger partial charge in [0.15, 0.2) is 0 Å². The minimum absolute atomic E-state index is 0. The zero-order valence-electron chi connectivity index (χ0n) is 16.9. The van der Waals surface area contributed by atoms with Crippen LogP contribution in [-0.2, 0) is 29.7 Å². The number of nitrogens with zero attached hydrogens (tertiary/aromatic N) is 4. The molecule has 9 heteroatoms. The molecule has 4 aliphatic heterocycles. The molecule has 3 saturated heterocycles. The van der Waals surface area contributed by atoms with Gasteiger partial charge >= 0.3 is 0 Å². The zero-order chi connectivity index (χ0) is 19.6. The highest BCUT2D eigenvalue weighted by atomic mass is 35.5. The second-order valence-electron chi connectivity index (χ2n) is 8.76. The lowest BCUT2D eigenvalue weighted by Gasteiger charge is -2.54. The molecule has 0 saturated carbocycles. The third-order valence-corrected chi connectivity index (χ3v) is 7.19. The average molecular weight is 422 g/mol. The topological polar surface area (TPSA) is 87.5 Å². The number of aryl methyl sites for hydroxylation is 1. The van der Waals surface area contributed by atoms with Gasteiger partial charge in [-0.1, -0.05) is 0 Å². The summed E-state index contributed by atoms with van der Waals surface area (Å²) < 4.78 is 1.53. The van der Waals surface area contributed by atoms with Crippen LogP contribution in [0.2, 0.25) is 0 Å². The third kappa shape index (κ3) is 3.08. The maximum absolute atomic E-state index is 13.6. The molecule has 5 rings (SSSR count). The van der Waals surface area contributed by atoms with Gasteiger partial charge in [-0.25, -0.2) is 4.98 Å². The summed E-state index contributed by atoms with van der Waals surface area (Å²) in [6.45, 7) is 4.15. The molecule has 1 aromatic rings. The minimum atomic E-state index is -0.416. The van der Waals surface area contributed by atoms with Gasteiger partial charge in [-0.15, -0.1) is 12.4 Å². The van der Waals surface area contributed by atoms with Crippen molar-refractivity contribution in [1.29, 1.82) is 0 Å². The summed E-state index contributed by atoms with van der Waals surface area (Å²) in [4.78, 5) is 47.2. The molecule has 2 bridgehead atoms. The number of nitrogens with one attached hydrogen (secondary N) is 1. The third-order valence-electron chi connectivity index (χ3n) is 7.19. The molecule has 0 radical (unpaired) electrons. The quantitative estimate of drug-likeness (QED) is 0.706. The highest BCUT2D eigenvalue weighted by molar-refractivity contribution is 5.89. The fourth-order valence-corrected chi connectivity index (χ4v) is 5.70. The summed E-state index contributed by atoms with van der Waals surface area (Å²) in [5, 5.41) is 3.48. The van der Waals surface area contributed by atoms with E-state index in [1.54, 1.807) is 18.9 Å². The summed E-state index contributed by atoms with van der Waals surface area (Å²) in [6.07, 6.45) is 3.43. The van der Waals surface area contributed by atoms with Crippen molar-refractivity contribution in [1.82, 2.24) is 24.7 Å². The molecule has 8 nitrogen and oxygen atoms in total. The molecule has 4 aliphatic rings. The van der Waals surface area contributed by atoms with E-state index in [2.05, 4.69) is 10.3 Å². The number of rotatable bonds is 1. The molecule has 0 aliphatic carbocycles. The molecule has 0 spiro atoms. The molecule has 4 atom stereocenters. The summed E-state index contributed by atoms with van der Waals surface area (Å²) in [7, 11) is 1.71. The standard InChI is InChI=1S/C20H27N5O3.ClH/c1-11-22-15-10-24(9-14(15)19(27)23(11)2)20(28)18-13-6-12(7-21-8-13)16-4-3-5-17(26)25(16)18;/h12-13,16,18,21H,3-10H2,1-2H3;1H/t12-,13+,16+,18-;/m1./s1. The molecule has 29 heavy (non-hydrogen) atoms. The Morgan fingerprint density at radius 3 is 2.72 bits per heavy atom. The molecular weight excluding hydrogens is 394 g/mol. The van der Waals surface area contributed by atoms with Gasteiger partial charge < -0.3 is 15.1 Å². The van der Waals surface area contributed by atoms with Crippen molar-refractivity contribution in [2.24, 2.45) is 18.9 Å². The molecule has 1 N–H and O–H groups in total. The predicted molar refractivity (Wildman–Crippen MR) is 108 cm³/mol. The highest BCUT2D eigenvalue weighted by Gasteiger charge is 2.51. The van der Waals surface area contributed by atoms with Crippen LogP contribution in [0.1, 0.15) is 42.8 Å². The molecule has 158 valence electrons. The molecule has 1 aromatic heterocycles. The van der Waals surface area contributed by atoms with Crippen molar-refractivity contribution in [3.8, 4) is 0 Å². The van der Waals surface area contributed by atoms with Crippen LogP contribution in [0.15, 0.2) is 4.79 Å². The van der Waals surface area contributed by atoms with E-state index in [1.807, 2.05) is 4.90 Å². The van der Waals surface area contributed by atoms with E-state index in [-0.39, 0.29) is 41.7 Å². The predicted octanol–water partition coefficient (Wildman–Crippen LogP) is 0.342. The first kappa shape index (κ1) is 20.3. The average Bonchev–Trinajstić information content (AvgIpc) is 3.11. The van der Waals surface area contributed by atoms with Gasteiger partial charge in [0.1, 0.15) is 11.9 Å². The molecule has 5 heterocycles.